The molecule has 5 aromatic rings. The monoisotopic (exact) mass is 487 g/mol. The van der Waals surface area contributed by atoms with Gasteiger partial charge >= 0.3 is 0 Å². The Labute approximate surface area is 206 Å². The summed E-state index contributed by atoms with van der Waals surface area (Å²) in [5, 5.41) is 1.21. The van der Waals surface area contributed by atoms with Crippen LogP contribution in [0.25, 0.3) is 16.7 Å². The fourth-order valence-corrected chi connectivity index (χ4v) is 4.97. The number of imidazole rings is 1. The first-order valence-corrected chi connectivity index (χ1v) is 12.1. The molecule has 0 saturated carbocycles. The van der Waals surface area contributed by atoms with Crippen LogP contribution in [0.5, 0.6) is 11.5 Å². The fraction of sp³-hybridized carbons (Fsp3) is 0.231. The van der Waals surface area contributed by atoms with Gasteiger partial charge in [-0.2, -0.15) is 0 Å². The number of nitrogens with zero attached hydrogens (tertiary/aromatic N) is 5. The molecule has 0 atom stereocenters. The number of thioether (sulfide) groups is 1. The summed E-state index contributed by atoms with van der Waals surface area (Å²) in [4.78, 5) is 27.5. The van der Waals surface area contributed by atoms with E-state index in [4.69, 9.17) is 14.5 Å². The lowest BCUT2D eigenvalue weighted by atomic mass is 10.2. The Hall–Kier alpha value is -3.85. The summed E-state index contributed by atoms with van der Waals surface area (Å²) in [6.07, 6.45) is 1.99. The lowest BCUT2D eigenvalue weighted by molar-refractivity contribution is 0.354. The van der Waals surface area contributed by atoms with E-state index in [-0.39, 0.29) is 5.56 Å². The van der Waals surface area contributed by atoms with Crippen molar-refractivity contribution in [3.63, 3.8) is 0 Å². The highest BCUT2D eigenvalue weighted by atomic mass is 32.2. The number of benzene rings is 2. The van der Waals surface area contributed by atoms with Crippen LogP contribution in [0.1, 0.15) is 22.6 Å². The minimum atomic E-state index is -0.0870. The van der Waals surface area contributed by atoms with E-state index in [0.717, 1.165) is 22.6 Å². The molecule has 0 bridgehead atoms. The molecule has 2 aromatic carbocycles. The van der Waals surface area contributed by atoms with Crippen LogP contribution >= 0.6 is 11.8 Å². The van der Waals surface area contributed by atoms with Gasteiger partial charge < -0.3 is 9.47 Å². The predicted molar refractivity (Wildman–Crippen MR) is 137 cm³/mol. The second-order valence-corrected chi connectivity index (χ2v) is 9.16. The van der Waals surface area contributed by atoms with Gasteiger partial charge in [0.05, 0.1) is 37.4 Å². The van der Waals surface area contributed by atoms with E-state index in [1.165, 1.54) is 11.8 Å². The zero-order chi connectivity index (χ0) is 24.5. The quantitative estimate of drug-likeness (QED) is 0.248. The topological polar surface area (TPSA) is 83.5 Å². The Bertz CT molecular complexity index is 1610. The molecule has 0 aliphatic heterocycles. The van der Waals surface area contributed by atoms with E-state index in [1.54, 1.807) is 18.8 Å². The van der Waals surface area contributed by atoms with Crippen molar-refractivity contribution in [3.8, 4) is 11.5 Å². The second kappa shape index (κ2) is 9.42. The number of aromatic nitrogens is 5. The van der Waals surface area contributed by atoms with Crippen LogP contribution in [0.15, 0.2) is 64.7 Å². The lowest BCUT2D eigenvalue weighted by Crippen LogP contribution is -2.24. The van der Waals surface area contributed by atoms with E-state index < -0.39 is 0 Å². The lowest BCUT2D eigenvalue weighted by Gasteiger charge is -2.14. The normalized spacial score (nSPS) is 11.3. The summed E-state index contributed by atoms with van der Waals surface area (Å²) in [7, 11) is 3.20. The maximum absolute atomic E-state index is 13.5. The highest BCUT2D eigenvalue weighted by Gasteiger charge is 2.15. The second-order valence-electron chi connectivity index (χ2n) is 8.22. The van der Waals surface area contributed by atoms with Gasteiger partial charge in [0.15, 0.2) is 16.7 Å². The van der Waals surface area contributed by atoms with E-state index in [9.17, 15) is 4.79 Å². The maximum atomic E-state index is 13.5. The maximum Gasteiger partial charge on any atom is 0.262 e. The Morgan fingerprint density at radius 2 is 1.74 bits per heavy atom. The molecule has 0 unspecified atom stereocenters. The van der Waals surface area contributed by atoms with Crippen LogP contribution in [0.4, 0.5) is 0 Å². The first kappa shape index (κ1) is 22.9. The number of hydrogen-bond donors (Lipinski definition) is 0. The zero-order valence-electron chi connectivity index (χ0n) is 20.0. The number of methoxy groups -OCH3 is 2. The standard InChI is InChI=1S/C26H25N5O3S/c1-16-11-17(2)30-14-19(28-25(30)27-16)15-35-26-29-21-8-6-5-7-20(21)24(32)31(26)13-18-9-10-22(33-3)23(12-18)34-4/h5-12,14H,13,15H2,1-4H3. The minimum absolute atomic E-state index is 0.0870. The molecule has 3 heterocycles. The number of rotatable bonds is 7. The number of fused-ring (bicyclic) bond motifs is 2. The van der Waals surface area contributed by atoms with E-state index >= 15 is 0 Å². The number of para-hydroxylation sites is 1. The largest absolute Gasteiger partial charge is 0.493 e. The van der Waals surface area contributed by atoms with Crippen LogP contribution < -0.4 is 15.0 Å². The zero-order valence-corrected chi connectivity index (χ0v) is 20.8. The summed E-state index contributed by atoms with van der Waals surface area (Å²) in [5.74, 6) is 2.48. The summed E-state index contributed by atoms with van der Waals surface area (Å²) >= 11 is 1.48. The average Bonchev–Trinajstić information content (AvgIpc) is 3.28. The highest BCUT2D eigenvalue weighted by Crippen LogP contribution is 2.29. The molecule has 0 spiro atoms. The van der Waals surface area contributed by atoms with E-state index in [1.807, 2.05) is 73.0 Å². The van der Waals surface area contributed by atoms with Gasteiger partial charge in [-0.1, -0.05) is 30.0 Å². The van der Waals surface area contributed by atoms with E-state index in [0.29, 0.717) is 45.6 Å². The molecule has 0 amide bonds. The molecule has 0 aliphatic carbocycles. The number of hydrogen-bond acceptors (Lipinski definition) is 7. The number of aryl methyl sites for hydroxylation is 2. The molecular formula is C26H25N5O3S. The van der Waals surface area contributed by atoms with E-state index in [2.05, 4.69) is 9.97 Å². The van der Waals surface area contributed by atoms with Gasteiger partial charge in [0.25, 0.3) is 5.56 Å². The van der Waals surface area contributed by atoms with Gasteiger partial charge in [0.1, 0.15) is 0 Å². The molecule has 0 radical (unpaired) electrons. The van der Waals surface area contributed by atoms with Crippen LogP contribution in [0, 0.1) is 13.8 Å². The van der Waals surface area contributed by atoms with Crippen molar-refractivity contribution >= 4 is 28.4 Å². The summed E-state index contributed by atoms with van der Waals surface area (Å²) < 4.78 is 14.5. The highest BCUT2D eigenvalue weighted by molar-refractivity contribution is 7.98. The Balaban J connectivity index is 1.53. The Kier molecular flexibility index (Phi) is 6.17. The Morgan fingerprint density at radius 1 is 0.943 bits per heavy atom. The van der Waals surface area contributed by atoms with Gasteiger partial charge in [-0.3, -0.25) is 13.8 Å². The van der Waals surface area contributed by atoms with Gasteiger partial charge in [-0.25, -0.2) is 15.0 Å². The van der Waals surface area contributed by atoms with Crippen molar-refractivity contribution in [1.82, 2.24) is 23.9 Å². The van der Waals surface area contributed by atoms with Gasteiger partial charge in [0, 0.05) is 23.3 Å². The smallest absolute Gasteiger partial charge is 0.262 e. The third-order valence-electron chi connectivity index (χ3n) is 5.78. The van der Waals surface area contributed by atoms with Gasteiger partial charge in [-0.15, -0.1) is 0 Å². The molecule has 0 aliphatic rings. The summed E-state index contributed by atoms with van der Waals surface area (Å²) in [6, 6.07) is 15.1. The third-order valence-corrected chi connectivity index (χ3v) is 6.79. The molecule has 0 saturated heterocycles. The number of ether oxygens (including phenoxy) is 2. The molecule has 3 aromatic heterocycles. The van der Waals surface area contributed by atoms with Crippen LogP contribution in [-0.2, 0) is 12.3 Å². The SMILES string of the molecule is COc1ccc(Cn2c(SCc3cn4c(C)cc(C)nc4n3)nc3ccccc3c2=O)cc1OC. The molecule has 0 fully saturated rings. The summed E-state index contributed by atoms with van der Waals surface area (Å²) in [6.45, 7) is 4.35. The molecule has 8 nitrogen and oxygen atoms in total. The van der Waals surface area contributed by atoms with Gasteiger partial charge in [-0.05, 0) is 49.7 Å². The van der Waals surface area contributed by atoms with Crippen molar-refractivity contribution in [1.29, 1.82) is 0 Å². The van der Waals surface area contributed by atoms with Gasteiger partial charge in [0.2, 0.25) is 5.78 Å². The van der Waals surface area contributed by atoms with Crippen LogP contribution in [0.3, 0.4) is 0 Å². The predicted octanol–water partition coefficient (Wildman–Crippen LogP) is 4.41. The average molecular weight is 488 g/mol. The van der Waals surface area contributed by atoms with Crippen LogP contribution in [0.2, 0.25) is 0 Å². The molecular weight excluding hydrogens is 462 g/mol. The Morgan fingerprint density at radius 3 is 2.54 bits per heavy atom. The van der Waals surface area contributed by atoms with Crippen molar-refractivity contribution in [3.05, 3.63) is 87.7 Å². The molecule has 178 valence electrons. The molecule has 5 rings (SSSR count). The van der Waals surface area contributed by atoms with Crippen LogP contribution in [-0.4, -0.2) is 38.1 Å². The molecule has 0 N–H and O–H groups in total. The first-order valence-electron chi connectivity index (χ1n) is 11.1. The van der Waals surface area contributed by atoms with Crippen molar-refractivity contribution in [2.24, 2.45) is 0 Å². The first-order chi connectivity index (χ1) is 17.0. The van der Waals surface area contributed by atoms with Crippen molar-refractivity contribution < 1.29 is 9.47 Å². The van der Waals surface area contributed by atoms with Crippen molar-refractivity contribution in [2.75, 3.05) is 14.2 Å². The molecule has 35 heavy (non-hydrogen) atoms. The molecule has 9 heteroatoms. The third kappa shape index (κ3) is 4.46. The summed E-state index contributed by atoms with van der Waals surface area (Å²) in [5.41, 5.74) is 4.37. The minimum Gasteiger partial charge on any atom is -0.493 e. The fourth-order valence-electron chi connectivity index (χ4n) is 4.09. The van der Waals surface area contributed by atoms with Crippen molar-refractivity contribution in [2.45, 2.75) is 31.3 Å².